The number of benzene rings is 1. The number of aromatic hydroxyl groups is 1. The predicted octanol–water partition coefficient (Wildman–Crippen LogP) is -0.771. The number of hydrogen-bond donors (Lipinski definition) is 9. The molecule has 13 N–H and O–H groups in total. The number of unbranched alkanes of at least 4 members (excludes halogenated alkanes) is 6. The van der Waals surface area contributed by atoms with Gasteiger partial charge in [-0.05, 0) is 62.9 Å². The van der Waals surface area contributed by atoms with Crippen LogP contribution in [0.1, 0.15) is 69.8 Å². The topological polar surface area (TPSA) is 253 Å². The number of phenolic OH excluding ortho intramolecular Hbond substituents is 1. The molecular weight excluding hydrogens is 554 g/mol. The van der Waals surface area contributed by atoms with Crippen LogP contribution in [0.15, 0.2) is 29.3 Å². The van der Waals surface area contributed by atoms with Crippen LogP contribution >= 0.6 is 0 Å². The highest BCUT2D eigenvalue weighted by molar-refractivity contribution is 5.92. The first-order valence-corrected chi connectivity index (χ1v) is 15.0. The zero-order chi connectivity index (χ0) is 31.9. The molecule has 0 saturated heterocycles. The Morgan fingerprint density at radius 3 is 1.91 bits per heavy atom. The summed E-state index contributed by atoms with van der Waals surface area (Å²) in [6, 6.07) is 4.51. The highest BCUT2D eigenvalue weighted by Crippen LogP contribution is 2.10. The molecule has 0 aliphatic heterocycles. The standard InChI is InChI=1S/C29H51N9O5/c30-23(13-18-37-29(32)33)27(42)35-16-6-4-2-1-3-5-14-34-15-7-8-17-36-28(43)24(20-25(31)40)38-26(41)19-21-9-11-22(39)12-10-21/h9-12,23-24,34,39H,1-8,13-20,30H2,(H2,31,40)(H,35,42)(H,36,43)(H,38,41)(H4,32,33,37)/t23-,24+/m1/s1. The molecule has 0 saturated carbocycles. The third kappa shape index (κ3) is 19.8. The quantitative estimate of drug-likeness (QED) is 0.0407. The summed E-state index contributed by atoms with van der Waals surface area (Å²) >= 11 is 0. The van der Waals surface area contributed by atoms with E-state index in [1.165, 1.54) is 12.1 Å². The lowest BCUT2D eigenvalue weighted by Crippen LogP contribution is -2.49. The molecule has 4 amide bonds. The Hall–Kier alpha value is -3.91. The van der Waals surface area contributed by atoms with E-state index in [1.807, 2.05) is 0 Å². The zero-order valence-corrected chi connectivity index (χ0v) is 25.1. The number of primary amides is 1. The van der Waals surface area contributed by atoms with Gasteiger partial charge in [-0.1, -0.05) is 37.8 Å². The third-order valence-corrected chi connectivity index (χ3v) is 6.59. The Morgan fingerprint density at radius 1 is 0.767 bits per heavy atom. The van der Waals surface area contributed by atoms with Crippen LogP contribution in [0.25, 0.3) is 0 Å². The summed E-state index contributed by atoms with van der Waals surface area (Å²) < 4.78 is 0. The summed E-state index contributed by atoms with van der Waals surface area (Å²) in [6.45, 7) is 3.12. The zero-order valence-electron chi connectivity index (χ0n) is 25.1. The van der Waals surface area contributed by atoms with Crippen molar-refractivity contribution < 1.29 is 24.3 Å². The number of carbonyl (C=O) groups is 4. The minimum absolute atomic E-state index is 0.00807. The molecule has 0 aliphatic carbocycles. The Labute approximate surface area is 254 Å². The van der Waals surface area contributed by atoms with Crippen LogP contribution in [0.2, 0.25) is 0 Å². The molecule has 14 heteroatoms. The Bertz CT molecular complexity index is 1000. The molecule has 0 bridgehead atoms. The molecule has 0 radical (unpaired) electrons. The number of amides is 4. The number of hydrogen-bond acceptors (Lipinski definition) is 8. The second-order valence-electron chi connectivity index (χ2n) is 10.5. The molecule has 1 aromatic rings. The predicted molar refractivity (Wildman–Crippen MR) is 167 cm³/mol. The summed E-state index contributed by atoms with van der Waals surface area (Å²) in [5.41, 5.74) is 22.2. The summed E-state index contributed by atoms with van der Waals surface area (Å²) in [5.74, 6) is -1.65. The maximum Gasteiger partial charge on any atom is 0.243 e. The molecule has 1 aromatic carbocycles. The monoisotopic (exact) mass is 605 g/mol. The van der Waals surface area contributed by atoms with Gasteiger partial charge in [-0.25, -0.2) is 0 Å². The van der Waals surface area contributed by atoms with Crippen LogP contribution in [0, 0.1) is 0 Å². The Morgan fingerprint density at radius 2 is 1.30 bits per heavy atom. The van der Waals surface area contributed by atoms with Gasteiger partial charge in [0, 0.05) is 19.6 Å². The van der Waals surface area contributed by atoms with Crippen molar-refractivity contribution in [2.75, 3.05) is 32.7 Å². The Balaban J connectivity index is 2.03. The van der Waals surface area contributed by atoms with Crippen molar-refractivity contribution in [3.8, 4) is 5.75 Å². The second-order valence-corrected chi connectivity index (χ2v) is 10.5. The van der Waals surface area contributed by atoms with Gasteiger partial charge in [0.05, 0.1) is 18.9 Å². The molecular formula is C29H51N9O5. The van der Waals surface area contributed by atoms with Crippen molar-refractivity contribution in [1.82, 2.24) is 21.3 Å². The van der Waals surface area contributed by atoms with E-state index in [0.29, 0.717) is 31.6 Å². The van der Waals surface area contributed by atoms with Gasteiger partial charge in [0.2, 0.25) is 23.6 Å². The van der Waals surface area contributed by atoms with Crippen LogP contribution in [-0.4, -0.2) is 79.5 Å². The van der Waals surface area contributed by atoms with Crippen molar-refractivity contribution in [2.24, 2.45) is 27.9 Å². The minimum Gasteiger partial charge on any atom is -0.508 e. The van der Waals surface area contributed by atoms with Crippen molar-refractivity contribution >= 4 is 29.6 Å². The van der Waals surface area contributed by atoms with E-state index in [-0.39, 0.29) is 30.5 Å². The van der Waals surface area contributed by atoms with Gasteiger partial charge in [-0.2, -0.15) is 0 Å². The number of nitrogens with zero attached hydrogens (tertiary/aromatic N) is 1. The summed E-state index contributed by atoms with van der Waals surface area (Å²) in [6.07, 6.45) is 8.16. The second kappa shape index (κ2) is 22.7. The van der Waals surface area contributed by atoms with Crippen molar-refractivity contribution in [3.05, 3.63) is 29.8 Å². The average molecular weight is 606 g/mol. The van der Waals surface area contributed by atoms with Crippen molar-refractivity contribution in [2.45, 2.75) is 82.7 Å². The van der Waals surface area contributed by atoms with Crippen LogP contribution in [0.3, 0.4) is 0 Å². The fourth-order valence-corrected chi connectivity index (χ4v) is 4.18. The number of aliphatic imine (C=N–C) groups is 1. The van der Waals surface area contributed by atoms with Gasteiger partial charge < -0.3 is 49.3 Å². The van der Waals surface area contributed by atoms with E-state index in [9.17, 15) is 24.3 Å². The number of carbonyl (C=O) groups excluding carboxylic acids is 4. The molecule has 2 atom stereocenters. The highest BCUT2D eigenvalue weighted by atomic mass is 16.3. The lowest BCUT2D eigenvalue weighted by molar-refractivity contribution is -0.131. The van der Waals surface area contributed by atoms with Gasteiger partial charge in [0.25, 0.3) is 0 Å². The maximum absolute atomic E-state index is 12.5. The largest absolute Gasteiger partial charge is 0.508 e. The molecule has 0 aromatic heterocycles. The van der Waals surface area contributed by atoms with E-state index in [2.05, 4.69) is 26.3 Å². The van der Waals surface area contributed by atoms with Crippen LogP contribution in [0.5, 0.6) is 5.75 Å². The SMILES string of the molecule is NC(=O)C[C@H](NC(=O)Cc1ccc(O)cc1)C(=O)NCCCCNCCCCCCCCNC(=O)[C@H](N)CCN=C(N)N. The molecule has 0 unspecified atom stereocenters. The molecule has 0 aliphatic rings. The fraction of sp³-hybridized carbons (Fsp3) is 0.621. The lowest BCUT2D eigenvalue weighted by atomic mass is 10.1. The van der Waals surface area contributed by atoms with E-state index in [0.717, 1.165) is 64.5 Å². The molecule has 43 heavy (non-hydrogen) atoms. The number of nitrogens with two attached hydrogens (primary N) is 4. The summed E-state index contributed by atoms with van der Waals surface area (Å²) in [4.78, 5) is 52.0. The van der Waals surface area contributed by atoms with Gasteiger partial charge in [0.15, 0.2) is 5.96 Å². The molecule has 1 rings (SSSR count). The Kier molecular flexibility index (Phi) is 19.6. The van der Waals surface area contributed by atoms with Crippen LogP contribution in [0.4, 0.5) is 0 Å². The fourth-order valence-electron chi connectivity index (χ4n) is 4.18. The molecule has 242 valence electrons. The van der Waals surface area contributed by atoms with Gasteiger partial charge in [0.1, 0.15) is 11.8 Å². The minimum atomic E-state index is -1.04. The van der Waals surface area contributed by atoms with E-state index in [1.54, 1.807) is 12.1 Å². The number of nitrogens with one attached hydrogen (secondary N) is 4. The number of rotatable bonds is 24. The summed E-state index contributed by atoms with van der Waals surface area (Å²) in [5, 5.41) is 20.9. The normalized spacial score (nSPS) is 12.1. The third-order valence-electron chi connectivity index (χ3n) is 6.59. The first-order chi connectivity index (χ1) is 20.6. The van der Waals surface area contributed by atoms with Gasteiger partial charge in [-0.15, -0.1) is 0 Å². The van der Waals surface area contributed by atoms with Crippen molar-refractivity contribution in [1.29, 1.82) is 0 Å². The van der Waals surface area contributed by atoms with E-state index >= 15 is 0 Å². The molecule has 0 fully saturated rings. The van der Waals surface area contributed by atoms with Gasteiger partial charge >= 0.3 is 0 Å². The van der Waals surface area contributed by atoms with Gasteiger partial charge in [-0.3, -0.25) is 24.2 Å². The highest BCUT2D eigenvalue weighted by Gasteiger charge is 2.22. The molecule has 0 spiro atoms. The van der Waals surface area contributed by atoms with Crippen molar-refractivity contribution in [3.63, 3.8) is 0 Å². The first-order valence-electron chi connectivity index (χ1n) is 15.0. The first kappa shape index (κ1) is 37.1. The molecule has 14 nitrogen and oxygen atoms in total. The summed E-state index contributed by atoms with van der Waals surface area (Å²) in [7, 11) is 0. The average Bonchev–Trinajstić information content (AvgIpc) is 2.95. The van der Waals surface area contributed by atoms with Crippen LogP contribution < -0.4 is 44.2 Å². The van der Waals surface area contributed by atoms with E-state index < -0.39 is 29.8 Å². The number of phenols is 1. The number of guanidine groups is 1. The smallest absolute Gasteiger partial charge is 0.243 e. The van der Waals surface area contributed by atoms with E-state index in [4.69, 9.17) is 22.9 Å². The maximum atomic E-state index is 12.5. The molecule has 0 heterocycles. The lowest BCUT2D eigenvalue weighted by Gasteiger charge is -2.17. The van der Waals surface area contributed by atoms with Crippen LogP contribution in [-0.2, 0) is 25.6 Å².